The average molecular weight is 373 g/mol. The Balaban J connectivity index is 1.53. The molecule has 0 saturated heterocycles. The van der Waals surface area contributed by atoms with Gasteiger partial charge < -0.3 is 10.3 Å². The highest BCUT2D eigenvalue weighted by Gasteiger charge is 2.24. The molecule has 1 unspecified atom stereocenters. The molecule has 0 radical (unpaired) electrons. The fourth-order valence-electron chi connectivity index (χ4n) is 3.57. The van der Waals surface area contributed by atoms with Gasteiger partial charge in [0, 0.05) is 34.6 Å². The number of amides is 1. The van der Waals surface area contributed by atoms with Crippen molar-refractivity contribution in [2.75, 3.05) is 0 Å². The minimum Gasteiger partial charge on any atom is -0.358 e. The summed E-state index contributed by atoms with van der Waals surface area (Å²) in [4.78, 5) is 16.0. The summed E-state index contributed by atoms with van der Waals surface area (Å²) < 4.78 is 0. The van der Waals surface area contributed by atoms with E-state index in [1.807, 2.05) is 0 Å². The molecule has 1 atom stereocenters. The van der Waals surface area contributed by atoms with Crippen LogP contribution in [0.3, 0.4) is 0 Å². The van der Waals surface area contributed by atoms with E-state index in [9.17, 15) is 4.79 Å². The summed E-state index contributed by atoms with van der Waals surface area (Å²) in [5.74, 6) is -0.112. The van der Waals surface area contributed by atoms with E-state index in [1.54, 1.807) is 18.2 Å². The number of carbonyl (C=O) groups is 1. The molecule has 3 aromatic rings. The highest BCUT2D eigenvalue weighted by molar-refractivity contribution is 6.42. The van der Waals surface area contributed by atoms with Crippen molar-refractivity contribution in [3.8, 4) is 0 Å². The number of benzene rings is 2. The number of hydrogen-bond donors (Lipinski definition) is 2. The van der Waals surface area contributed by atoms with Gasteiger partial charge in [-0.1, -0.05) is 34.8 Å². The second-order valence-electron chi connectivity index (χ2n) is 6.67. The Morgan fingerprint density at radius 1 is 1.16 bits per heavy atom. The summed E-state index contributed by atoms with van der Waals surface area (Å²) in [6, 6.07) is 11.6. The molecule has 1 heterocycles. The molecule has 0 fully saturated rings. The number of H-pyrrole nitrogens is 1. The van der Waals surface area contributed by atoms with Crippen LogP contribution in [-0.2, 0) is 12.8 Å². The van der Waals surface area contributed by atoms with Crippen molar-refractivity contribution < 1.29 is 4.79 Å². The summed E-state index contributed by atoms with van der Waals surface area (Å²) in [5.41, 5.74) is 5.59. The third kappa shape index (κ3) is 3.14. The number of halogens is 2. The number of aryl methyl sites for hydroxylation is 2. The van der Waals surface area contributed by atoms with E-state index in [4.69, 9.17) is 23.2 Å². The molecule has 1 aliphatic carbocycles. The first-order chi connectivity index (χ1) is 12.0. The minimum atomic E-state index is -0.112. The summed E-state index contributed by atoms with van der Waals surface area (Å²) in [6.45, 7) is 2.11. The van der Waals surface area contributed by atoms with Gasteiger partial charge in [-0.2, -0.15) is 0 Å². The molecule has 3 nitrogen and oxygen atoms in total. The molecule has 128 valence electrons. The zero-order valence-electron chi connectivity index (χ0n) is 13.8. The first kappa shape index (κ1) is 16.5. The normalized spacial score (nSPS) is 16.7. The third-order valence-corrected chi connectivity index (χ3v) is 5.60. The lowest BCUT2D eigenvalue weighted by molar-refractivity contribution is 0.0933. The molecule has 0 bridgehead atoms. The van der Waals surface area contributed by atoms with E-state index in [0.717, 1.165) is 19.3 Å². The van der Waals surface area contributed by atoms with E-state index in [0.29, 0.717) is 15.6 Å². The van der Waals surface area contributed by atoms with Gasteiger partial charge in [0.05, 0.1) is 10.0 Å². The molecule has 4 rings (SSSR count). The lowest BCUT2D eigenvalue weighted by Crippen LogP contribution is -2.38. The van der Waals surface area contributed by atoms with Crippen LogP contribution in [0.1, 0.15) is 33.6 Å². The van der Waals surface area contributed by atoms with E-state index in [-0.39, 0.29) is 11.9 Å². The quantitative estimate of drug-likeness (QED) is 0.647. The fraction of sp³-hybridized carbons (Fsp3) is 0.250. The van der Waals surface area contributed by atoms with E-state index < -0.39 is 0 Å². The monoisotopic (exact) mass is 372 g/mol. The van der Waals surface area contributed by atoms with E-state index in [1.165, 1.54) is 27.7 Å². The lowest BCUT2D eigenvalue weighted by atomic mass is 9.91. The molecule has 5 heteroatoms. The van der Waals surface area contributed by atoms with Crippen LogP contribution in [0.25, 0.3) is 10.9 Å². The first-order valence-corrected chi connectivity index (χ1v) is 9.13. The third-order valence-electron chi connectivity index (χ3n) is 4.86. The number of carbonyl (C=O) groups excluding carboxylic acids is 1. The number of aromatic nitrogens is 1. The van der Waals surface area contributed by atoms with Crippen LogP contribution in [0.15, 0.2) is 36.4 Å². The Kier molecular flexibility index (Phi) is 4.22. The highest BCUT2D eigenvalue weighted by Crippen LogP contribution is 2.30. The minimum absolute atomic E-state index is 0.112. The van der Waals surface area contributed by atoms with Gasteiger partial charge in [0.15, 0.2) is 0 Å². The van der Waals surface area contributed by atoms with Crippen LogP contribution in [0.2, 0.25) is 10.0 Å². The highest BCUT2D eigenvalue weighted by atomic mass is 35.5. The smallest absolute Gasteiger partial charge is 0.251 e. The maximum absolute atomic E-state index is 12.5. The molecule has 25 heavy (non-hydrogen) atoms. The molecule has 2 aromatic carbocycles. The predicted molar refractivity (Wildman–Crippen MR) is 103 cm³/mol. The average Bonchev–Trinajstić information content (AvgIpc) is 2.94. The van der Waals surface area contributed by atoms with Gasteiger partial charge in [-0.25, -0.2) is 0 Å². The van der Waals surface area contributed by atoms with Gasteiger partial charge in [-0.3, -0.25) is 4.79 Å². The molecule has 2 N–H and O–H groups in total. The second kappa shape index (κ2) is 6.40. The first-order valence-electron chi connectivity index (χ1n) is 8.37. The van der Waals surface area contributed by atoms with Crippen molar-refractivity contribution in [1.82, 2.24) is 10.3 Å². The largest absolute Gasteiger partial charge is 0.358 e. The molecule has 0 aliphatic heterocycles. The Labute approximate surface area is 156 Å². The summed E-state index contributed by atoms with van der Waals surface area (Å²) in [5, 5.41) is 5.27. The lowest BCUT2D eigenvalue weighted by Gasteiger charge is -2.23. The second-order valence-corrected chi connectivity index (χ2v) is 7.49. The molecule has 0 saturated carbocycles. The Bertz CT molecular complexity index is 977. The van der Waals surface area contributed by atoms with Crippen molar-refractivity contribution in [1.29, 1.82) is 0 Å². The van der Waals surface area contributed by atoms with E-state index in [2.05, 4.69) is 35.4 Å². The number of nitrogens with one attached hydrogen (secondary N) is 2. The maximum atomic E-state index is 12.5. The number of fused-ring (bicyclic) bond motifs is 3. The van der Waals surface area contributed by atoms with Crippen LogP contribution >= 0.6 is 23.2 Å². The number of hydrogen-bond acceptors (Lipinski definition) is 1. The van der Waals surface area contributed by atoms with Gasteiger partial charge in [0.2, 0.25) is 0 Å². The topological polar surface area (TPSA) is 44.9 Å². The van der Waals surface area contributed by atoms with Crippen molar-refractivity contribution in [3.63, 3.8) is 0 Å². The maximum Gasteiger partial charge on any atom is 0.251 e. The van der Waals surface area contributed by atoms with Crippen LogP contribution < -0.4 is 5.32 Å². The molecule has 0 spiro atoms. The SMILES string of the molecule is Cc1ccc2[nH]c3c(c2c1)CCC(NC(=O)c1ccc(Cl)c(Cl)c1)C3. The summed E-state index contributed by atoms with van der Waals surface area (Å²) in [7, 11) is 0. The molecule has 1 aliphatic rings. The van der Waals surface area contributed by atoms with Gasteiger partial charge in [-0.15, -0.1) is 0 Å². The van der Waals surface area contributed by atoms with Gasteiger partial charge >= 0.3 is 0 Å². The fourth-order valence-corrected chi connectivity index (χ4v) is 3.87. The Morgan fingerprint density at radius 3 is 2.80 bits per heavy atom. The van der Waals surface area contributed by atoms with Crippen molar-refractivity contribution >= 4 is 40.0 Å². The Morgan fingerprint density at radius 2 is 2.00 bits per heavy atom. The molecule has 1 aromatic heterocycles. The van der Waals surface area contributed by atoms with Crippen molar-refractivity contribution in [2.24, 2.45) is 0 Å². The van der Waals surface area contributed by atoms with Crippen molar-refractivity contribution in [3.05, 3.63) is 68.8 Å². The molecule has 1 amide bonds. The standard InChI is InChI=1S/C20H18Cl2N2O/c1-11-2-7-18-15(8-11)14-5-4-13(10-19(14)24-18)23-20(25)12-3-6-16(21)17(22)9-12/h2-3,6-9,13,24H,4-5,10H2,1H3,(H,23,25). The van der Waals surface area contributed by atoms with Crippen LogP contribution in [0, 0.1) is 6.92 Å². The van der Waals surface area contributed by atoms with Crippen LogP contribution in [0.4, 0.5) is 0 Å². The molecular formula is C20H18Cl2N2O. The zero-order chi connectivity index (χ0) is 17.6. The Hall–Kier alpha value is -1.97. The zero-order valence-corrected chi connectivity index (χ0v) is 15.3. The summed E-state index contributed by atoms with van der Waals surface area (Å²) >= 11 is 11.9. The van der Waals surface area contributed by atoms with Gasteiger partial charge in [0.25, 0.3) is 5.91 Å². The van der Waals surface area contributed by atoms with Crippen LogP contribution in [0.5, 0.6) is 0 Å². The van der Waals surface area contributed by atoms with Crippen LogP contribution in [-0.4, -0.2) is 16.9 Å². The molecular weight excluding hydrogens is 355 g/mol. The summed E-state index contributed by atoms with van der Waals surface area (Å²) in [6.07, 6.45) is 2.71. The number of aromatic amines is 1. The van der Waals surface area contributed by atoms with Gasteiger partial charge in [-0.05, 0) is 55.7 Å². The van der Waals surface area contributed by atoms with E-state index >= 15 is 0 Å². The predicted octanol–water partition coefficient (Wildman–Crippen LogP) is 5.07. The van der Waals surface area contributed by atoms with Gasteiger partial charge in [0.1, 0.15) is 0 Å². The number of rotatable bonds is 2. The van der Waals surface area contributed by atoms with Crippen molar-refractivity contribution in [2.45, 2.75) is 32.2 Å².